The highest BCUT2D eigenvalue weighted by Gasteiger charge is 2.18. The Morgan fingerprint density at radius 3 is 2.42 bits per heavy atom. The Morgan fingerprint density at radius 2 is 1.88 bits per heavy atom. The van der Waals surface area contributed by atoms with E-state index in [1.54, 1.807) is 37.4 Å². The summed E-state index contributed by atoms with van der Waals surface area (Å²) in [7, 11) is 3.23. The first-order chi connectivity index (χ1) is 11.7. The summed E-state index contributed by atoms with van der Waals surface area (Å²) in [5.41, 5.74) is 0.529. The van der Waals surface area contributed by atoms with E-state index in [-0.39, 0.29) is 12.0 Å². The highest BCUT2D eigenvalue weighted by Crippen LogP contribution is 2.16. The molecule has 7 nitrogen and oxygen atoms in total. The zero-order valence-corrected chi connectivity index (χ0v) is 14.4. The lowest BCUT2D eigenvalue weighted by atomic mass is 10.1. The van der Waals surface area contributed by atoms with Gasteiger partial charge in [0.05, 0.1) is 32.0 Å². The molecule has 1 aromatic rings. The third-order valence-electron chi connectivity index (χ3n) is 3.86. The standard InChI is InChI=1S/C17H26N2O5/c1-21-11-7-19(8-12-22-2)17(20)14-3-4-16(18-13-14)24-15-5-9-23-10-6-15/h3-4,13,15H,5-12H2,1-2H3. The molecular formula is C17H26N2O5. The Labute approximate surface area is 142 Å². The van der Waals surface area contributed by atoms with Crippen LogP contribution in [0.1, 0.15) is 23.2 Å². The van der Waals surface area contributed by atoms with Crippen molar-refractivity contribution in [1.82, 2.24) is 9.88 Å². The van der Waals surface area contributed by atoms with Gasteiger partial charge in [0, 0.05) is 52.4 Å². The molecule has 1 aliphatic rings. The first-order valence-electron chi connectivity index (χ1n) is 8.22. The summed E-state index contributed by atoms with van der Waals surface area (Å²) >= 11 is 0. The molecule has 0 unspecified atom stereocenters. The van der Waals surface area contributed by atoms with Gasteiger partial charge in [-0.05, 0) is 6.07 Å². The summed E-state index contributed by atoms with van der Waals surface area (Å²) in [5.74, 6) is 0.452. The minimum absolute atomic E-state index is 0.0887. The summed E-state index contributed by atoms with van der Waals surface area (Å²) in [6.45, 7) is 3.42. The second-order valence-electron chi connectivity index (χ2n) is 5.59. The fourth-order valence-corrected chi connectivity index (χ4v) is 2.44. The first kappa shape index (κ1) is 18.6. The van der Waals surface area contributed by atoms with Gasteiger partial charge in [0.15, 0.2) is 0 Å². The Balaban J connectivity index is 1.94. The molecule has 0 aromatic carbocycles. The zero-order chi connectivity index (χ0) is 17.2. The number of amides is 1. The van der Waals surface area contributed by atoms with Crippen molar-refractivity contribution in [2.75, 3.05) is 53.7 Å². The summed E-state index contributed by atoms with van der Waals surface area (Å²) in [6, 6.07) is 3.49. The van der Waals surface area contributed by atoms with E-state index in [1.807, 2.05) is 0 Å². The van der Waals surface area contributed by atoms with Crippen LogP contribution in [0.4, 0.5) is 0 Å². The van der Waals surface area contributed by atoms with Crippen LogP contribution in [0.3, 0.4) is 0 Å². The van der Waals surface area contributed by atoms with Crippen LogP contribution in [-0.2, 0) is 14.2 Å². The van der Waals surface area contributed by atoms with E-state index in [0.29, 0.717) is 37.7 Å². The first-order valence-corrected chi connectivity index (χ1v) is 8.22. The monoisotopic (exact) mass is 338 g/mol. The maximum atomic E-state index is 12.6. The van der Waals surface area contributed by atoms with Crippen molar-refractivity contribution in [3.05, 3.63) is 23.9 Å². The van der Waals surface area contributed by atoms with Gasteiger partial charge in [-0.25, -0.2) is 4.98 Å². The van der Waals surface area contributed by atoms with E-state index in [1.165, 1.54) is 0 Å². The molecule has 24 heavy (non-hydrogen) atoms. The van der Waals surface area contributed by atoms with E-state index in [9.17, 15) is 4.79 Å². The molecule has 1 aliphatic heterocycles. The average Bonchev–Trinajstić information content (AvgIpc) is 2.63. The number of ether oxygens (including phenoxy) is 4. The van der Waals surface area contributed by atoms with Gasteiger partial charge in [-0.2, -0.15) is 0 Å². The summed E-state index contributed by atoms with van der Waals surface area (Å²) in [5, 5.41) is 0. The zero-order valence-electron chi connectivity index (χ0n) is 14.4. The summed E-state index contributed by atoms with van der Waals surface area (Å²) in [6.07, 6.45) is 3.42. The van der Waals surface area contributed by atoms with Crippen LogP contribution in [0.15, 0.2) is 18.3 Å². The molecule has 134 valence electrons. The number of carbonyl (C=O) groups is 1. The largest absolute Gasteiger partial charge is 0.474 e. The summed E-state index contributed by atoms with van der Waals surface area (Å²) < 4.78 is 21.3. The van der Waals surface area contributed by atoms with Crippen LogP contribution in [-0.4, -0.2) is 75.6 Å². The van der Waals surface area contributed by atoms with Gasteiger partial charge in [-0.1, -0.05) is 0 Å². The van der Waals surface area contributed by atoms with Gasteiger partial charge in [-0.3, -0.25) is 4.79 Å². The van der Waals surface area contributed by atoms with Gasteiger partial charge in [0.25, 0.3) is 5.91 Å². The fraction of sp³-hybridized carbons (Fsp3) is 0.647. The van der Waals surface area contributed by atoms with E-state index >= 15 is 0 Å². The number of carbonyl (C=O) groups excluding carboxylic acids is 1. The topological polar surface area (TPSA) is 70.1 Å². The molecule has 1 fully saturated rings. The van der Waals surface area contributed by atoms with Crippen LogP contribution in [0, 0.1) is 0 Å². The number of hydrogen-bond donors (Lipinski definition) is 0. The SMILES string of the molecule is COCCN(CCOC)C(=O)c1ccc(OC2CCOCC2)nc1. The van der Waals surface area contributed by atoms with Gasteiger partial charge in [0.1, 0.15) is 6.10 Å². The quantitative estimate of drug-likeness (QED) is 0.677. The van der Waals surface area contributed by atoms with E-state index in [0.717, 1.165) is 26.1 Å². The van der Waals surface area contributed by atoms with Crippen LogP contribution in [0.2, 0.25) is 0 Å². The molecule has 2 heterocycles. The number of rotatable bonds is 9. The molecule has 0 saturated carbocycles. The number of nitrogens with zero attached hydrogens (tertiary/aromatic N) is 2. The maximum absolute atomic E-state index is 12.6. The molecule has 0 aliphatic carbocycles. The lowest BCUT2D eigenvalue weighted by molar-refractivity contribution is 0.0237. The normalized spacial score (nSPS) is 15.2. The molecule has 1 saturated heterocycles. The third-order valence-corrected chi connectivity index (χ3v) is 3.86. The molecule has 0 atom stereocenters. The second kappa shape index (κ2) is 10.2. The number of methoxy groups -OCH3 is 2. The van der Waals surface area contributed by atoms with Gasteiger partial charge in [0.2, 0.25) is 5.88 Å². The third kappa shape index (κ3) is 5.74. The lowest BCUT2D eigenvalue weighted by Crippen LogP contribution is -2.36. The lowest BCUT2D eigenvalue weighted by Gasteiger charge is -2.23. The molecule has 0 radical (unpaired) electrons. The highest BCUT2D eigenvalue weighted by molar-refractivity contribution is 5.94. The molecule has 1 aromatic heterocycles. The van der Waals surface area contributed by atoms with Crippen molar-refractivity contribution in [2.45, 2.75) is 18.9 Å². The van der Waals surface area contributed by atoms with Crippen molar-refractivity contribution < 1.29 is 23.7 Å². The van der Waals surface area contributed by atoms with E-state index in [2.05, 4.69) is 4.98 Å². The molecule has 7 heteroatoms. The molecule has 1 amide bonds. The molecule has 2 rings (SSSR count). The minimum Gasteiger partial charge on any atom is -0.474 e. The Hall–Kier alpha value is -1.70. The number of aromatic nitrogens is 1. The molecule has 0 N–H and O–H groups in total. The molecule has 0 spiro atoms. The van der Waals surface area contributed by atoms with Crippen LogP contribution < -0.4 is 4.74 Å². The minimum atomic E-state index is -0.0887. The molecular weight excluding hydrogens is 312 g/mol. The fourth-order valence-electron chi connectivity index (χ4n) is 2.44. The Kier molecular flexibility index (Phi) is 7.94. The maximum Gasteiger partial charge on any atom is 0.255 e. The number of hydrogen-bond acceptors (Lipinski definition) is 6. The van der Waals surface area contributed by atoms with Crippen LogP contribution >= 0.6 is 0 Å². The molecule has 0 bridgehead atoms. The van der Waals surface area contributed by atoms with Gasteiger partial charge in [-0.15, -0.1) is 0 Å². The van der Waals surface area contributed by atoms with Crippen molar-refractivity contribution >= 4 is 5.91 Å². The summed E-state index contributed by atoms with van der Waals surface area (Å²) in [4.78, 5) is 18.5. The average molecular weight is 338 g/mol. The van der Waals surface area contributed by atoms with Crippen LogP contribution in [0.25, 0.3) is 0 Å². The van der Waals surface area contributed by atoms with Crippen molar-refractivity contribution in [1.29, 1.82) is 0 Å². The second-order valence-corrected chi connectivity index (χ2v) is 5.59. The van der Waals surface area contributed by atoms with Crippen LogP contribution in [0.5, 0.6) is 5.88 Å². The van der Waals surface area contributed by atoms with Gasteiger partial charge < -0.3 is 23.8 Å². The predicted octanol–water partition coefficient (Wildman–Crippen LogP) is 1.37. The smallest absolute Gasteiger partial charge is 0.255 e. The van der Waals surface area contributed by atoms with Gasteiger partial charge >= 0.3 is 0 Å². The van der Waals surface area contributed by atoms with Crippen molar-refractivity contribution in [2.24, 2.45) is 0 Å². The highest BCUT2D eigenvalue weighted by atomic mass is 16.5. The predicted molar refractivity (Wildman–Crippen MR) is 88.4 cm³/mol. The Morgan fingerprint density at radius 1 is 1.21 bits per heavy atom. The van der Waals surface area contributed by atoms with E-state index in [4.69, 9.17) is 18.9 Å². The van der Waals surface area contributed by atoms with Crippen molar-refractivity contribution in [3.63, 3.8) is 0 Å². The van der Waals surface area contributed by atoms with Crippen molar-refractivity contribution in [3.8, 4) is 5.88 Å². The Bertz CT molecular complexity index is 480. The van der Waals surface area contributed by atoms with E-state index < -0.39 is 0 Å². The number of pyridine rings is 1.